The number of hydrogen-bond acceptors (Lipinski definition) is 2. The van der Waals surface area contributed by atoms with E-state index in [-0.39, 0.29) is 5.41 Å². The molecule has 1 heterocycles. The van der Waals surface area contributed by atoms with E-state index in [1.165, 1.54) is 77.9 Å². The number of furan rings is 1. The van der Waals surface area contributed by atoms with Gasteiger partial charge in [-0.25, -0.2) is 0 Å². The molecule has 0 aliphatic heterocycles. The average molecular weight is 766 g/mol. The molecular formula is C58H39NO. The molecule has 0 saturated heterocycles. The van der Waals surface area contributed by atoms with Gasteiger partial charge in [0.25, 0.3) is 0 Å². The molecule has 0 amide bonds. The molecular weight excluding hydrogens is 727 g/mol. The van der Waals surface area contributed by atoms with Crippen LogP contribution in [0.1, 0.15) is 47.2 Å². The molecule has 1 aromatic heterocycles. The van der Waals surface area contributed by atoms with E-state index >= 15 is 0 Å². The van der Waals surface area contributed by atoms with E-state index in [1.54, 1.807) is 0 Å². The lowest BCUT2D eigenvalue weighted by Gasteiger charge is -2.32. The van der Waals surface area contributed by atoms with Gasteiger partial charge in [-0.1, -0.05) is 184 Å². The summed E-state index contributed by atoms with van der Waals surface area (Å²) >= 11 is 0. The van der Waals surface area contributed by atoms with Crippen molar-refractivity contribution in [2.75, 3.05) is 4.90 Å². The van der Waals surface area contributed by atoms with Gasteiger partial charge in [0.1, 0.15) is 11.2 Å². The fourth-order valence-electron chi connectivity index (χ4n) is 11.4. The van der Waals surface area contributed by atoms with Crippen molar-refractivity contribution in [3.05, 3.63) is 234 Å². The van der Waals surface area contributed by atoms with Crippen LogP contribution in [-0.4, -0.2) is 0 Å². The maximum absolute atomic E-state index is 6.83. The summed E-state index contributed by atoms with van der Waals surface area (Å²) < 4.78 is 6.83. The normalized spacial score (nSPS) is 16.0. The second-order valence-electron chi connectivity index (χ2n) is 17.1. The summed E-state index contributed by atoms with van der Waals surface area (Å²) in [6, 6.07) is 74.1. The van der Waals surface area contributed by atoms with Gasteiger partial charge >= 0.3 is 0 Å². The number of hydrogen-bond donors (Lipinski definition) is 0. The Hall–Kier alpha value is -7.42. The minimum atomic E-state index is -0.549. The smallest absolute Gasteiger partial charge is 0.143 e. The summed E-state index contributed by atoms with van der Waals surface area (Å²) in [5, 5.41) is 2.30. The fourth-order valence-corrected chi connectivity index (χ4v) is 11.4. The number of fused-ring (bicyclic) bond motifs is 17. The fraction of sp³-hybridized carbons (Fsp3) is 0.0690. The van der Waals surface area contributed by atoms with Crippen LogP contribution >= 0.6 is 0 Å². The van der Waals surface area contributed by atoms with Crippen molar-refractivity contribution in [3.63, 3.8) is 0 Å². The first kappa shape index (κ1) is 33.5. The van der Waals surface area contributed by atoms with Crippen LogP contribution in [-0.2, 0) is 10.8 Å². The molecule has 1 unspecified atom stereocenters. The van der Waals surface area contributed by atoms with Crippen LogP contribution in [0, 0.1) is 0 Å². The topological polar surface area (TPSA) is 16.4 Å². The minimum Gasteiger partial charge on any atom is -0.455 e. The van der Waals surface area contributed by atoms with Gasteiger partial charge in [-0.3, -0.25) is 0 Å². The maximum Gasteiger partial charge on any atom is 0.143 e. The molecule has 13 rings (SSSR count). The first-order valence-corrected chi connectivity index (χ1v) is 21.0. The van der Waals surface area contributed by atoms with Crippen LogP contribution in [0.2, 0.25) is 0 Å². The Balaban J connectivity index is 1.13. The zero-order valence-corrected chi connectivity index (χ0v) is 33.4. The molecule has 60 heavy (non-hydrogen) atoms. The van der Waals surface area contributed by atoms with E-state index in [9.17, 15) is 0 Å². The molecule has 1 atom stereocenters. The van der Waals surface area contributed by atoms with Crippen molar-refractivity contribution < 1.29 is 4.42 Å². The van der Waals surface area contributed by atoms with Gasteiger partial charge in [-0.2, -0.15) is 0 Å². The molecule has 2 nitrogen and oxygen atoms in total. The molecule has 3 aliphatic carbocycles. The number of nitrogens with zero attached hydrogens (tertiary/aromatic N) is 1. The van der Waals surface area contributed by atoms with Crippen LogP contribution in [0.3, 0.4) is 0 Å². The molecule has 0 bridgehead atoms. The first-order valence-electron chi connectivity index (χ1n) is 21.0. The van der Waals surface area contributed by atoms with E-state index in [0.717, 1.165) is 39.0 Å². The molecule has 0 fully saturated rings. The Morgan fingerprint density at radius 2 is 0.950 bits per heavy atom. The molecule has 0 radical (unpaired) electrons. The van der Waals surface area contributed by atoms with Crippen molar-refractivity contribution in [2.45, 2.75) is 24.7 Å². The van der Waals surface area contributed by atoms with E-state index in [2.05, 4.69) is 219 Å². The van der Waals surface area contributed by atoms with Crippen molar-refractivity contribution in [3.8, 4) is 44.5 Å². The minimum absolute atomic E-state index is 0.0922. The monoisotopic (exact) mass is 765 g/mol. The highest BCUT2D eigenvalue weighted by molar-refractivity contribution is 6.13. The third-order valence-corrected chi connectivity index (χ3v) is 13.9. The average Bonchev–Trinajstić information content (AvgIpc) is 3.99. The lowest BCUT2D eigenvalue weighted by molar-refractivity contribution is 0.660. The highest BCUT2D eigenvalue weighted by atomic mass is 16.3. The third-order valence-electron chi connectivity index (χ3n) is 13.9. The van der Waals surface area contributed by atoms with E-state index in [4.69, 9.17) is 4.42 Å². The Bertz CT molecular complexity index is 3420. The van der Waals surface area contributed by atoms with Gasteiger partial charge in [0.05, 0.1) is 16.8 Å². The Morgan fingerprint density at radius 3 is 1.75 bits per heavy atom. The lowest BCUT2D eigenvalue weighted by atomic mass is 9.70. The number of benzene rings is 9. The predicted octanol–water partition coefficient (Wildman–Crippen LogP) is 15.4. The van der Waals surface area contributed by atoms with Crippen molar-refractivity contribution in [1.82, 2.24) is 0 Å². The van der Waals surface area contributed by atoms with Gasteiger partial charge < -0.3 is 9.32 Å². The van der Waals surface area contributed by atoms with Crippen LogP contribution in [0.15, 0.2) is 205 Å². The second-order valence-corrected chi connectivity index (χ2v) is 17.1. The van der Waals surface area contributed by atoms with Gasteiger partial charge in [0, 0.05) is 38.6 Å². The Kier molecular flexibility index (Phi) is 6.74. The summed E-state index contributed by atoms with van der Waals surface area (Å²) in [7, 11) is 0. The number of rotatable bonds is 4. The van der Waals surface area contributed by atoms with Crippen LogP contribution in [0.25, 0.3) is 66.4 Å². The van der Waals surface area contributed by atoms with Gasteiger partial charge in [-0.05, 0) is 91.5 Å². The lowest BCUT2D eigenvalue weighted by Crippen LogP contribution is -2.26. The molecule has 1 spiro atoms. The Labute approximate surface area is 349 Å². The summed E-state index contributed by atoms with van der Waals surface area (Å²) in [6.07, 6.45) is 0. The largest absolute Gasteiger partial charge is 0.455 e. The van der Waals surface area contributed by atoms with Gasteiger partial charge in [0.2, 0.25) is 0 Å². The Morgan fingerprint density at radius 1 is 0.383 bits per heavy atom. The van der Waals surface area contributed by atoms with E-state index in [0.29, 0.717) is 0 Å². The molecule has 282 valence electrons. The van der Waals surface area contributed by atoms with Crippen molar-refractivity contribution in [1.29, 1.82) is 0 Å². The third kappa shape index (κ3) is 4.22. The number of para-hydroxylation sites is 2. The van der Waals surface area contributed by atoms with E-state index < -0.39 is 5.41 Å². The summed E-state index contributed by atoms with van der Waals surface area (Å²) in [5.41, 5.74) is 22.5. The quantitative estimate of drug-likeness (QED) is 0.177. The molecule has 3 aliphatic rings. The predicted molar refractivity (Wildman–Crippen MR) is 248 cm³/mol. The van der Waals surface area contributed by atoms with Crippen molar-refractivity contribution in [2.24, 2.45) is 0 Å². The summed E-state index contributed by atoms with van der Waals surface area (Å²) in [4.78, 5) is 2.54. The first-order chi connectivity index (χ1) is 29.5. The number of anilines is 3. The highest BCUT2D eigenvalue weighted by Gasteiger charge is 2.53. The summed E-state index contributed by atoms with van der Waals surface area (Å²) in [6.45, 7) is 4.72. The molecule has 9 aromatic carbocycles. The van der Waals surface area contributed by atoms with Crippen LogP contribution < -0.4 is 4.90 Å². The molecule has 10 aromatic rings. The van der Waals surface area contributed by atoms with E-state index in [1.807, 2.05) is 0 Å². The zero-order valence-electron chi connectivity index (χ0n) is 33.4. The van der Waals surface area contributed by atoms with Crippen LogP contribution in [0.5, 0.6) is 0 Å². The zero-order chi connectivity index (χ0) is 39.7. The van der Waals surface area contributed by atoms with Crippen LogP contribution in [0.4, 0.5) is 17.1 Å². The molecule has 0 N–H and O–H groups in total. The standard InChI is InChI=1S/C58H39NO/c1-57(2)45-24-11-6-20-39(45)44-35-37(31-33-46(44)57)59(51-28-14-9-19-38(51)36-17-4-3-5-18-36)52-29-16-27-49-54(52)42-22-7-12-25-47(42)58(49)48-26-13-8-23-43(48)55-50(58)34-32-41-40-21-10-15-30-53(40)60-56(41)55/h3-35H,1-2H3. The second kappa shape index (κ2) is 12.1. The maximum atomic E-state index is 6.83. The van der Waals surface area contributed by atoms with Crippen molar-refractivity contribution >= 4 is 39.0 Å². The molecule has 2 heteroatoms. The molecule has 0 saturated carbocycles. The SMILES string of the molecule is CC1(C)c2ccccc2-c2cc(N(c3ccccc3-c3ccccc3)c3cccc4c3-c3ccccc3C43c4ccccc4-c4c3ccc3c4oc4ccccc43)ccc21. The van der Waals surface area contributed by atoms with Gasteiger partial charge in [-0.15, -0.1) is 0 Å². The summed E-state index contributed by atoms with van der Waals surface area (Å²) in [5.74, 6) is 0. The van der Waals surface area contributed by atoms with Gasteiger partial charge in [0.15, 0.2) is 0 Å². The highest BCUT2D eigenvalue weighted by Crippen LogP contribution is 2.66.